The van der Waals surface area contributed by atoms with Gasteiger partial charge in [-0.1, -0.05) is 19.9 Å². The van der Waals surface area contributed by atoms with Gasteiger partial charge in [-0.25, -0.2) is 0 Å². The van der Waals surface area contributed by atoms with Gasteiger partial charge in [0.15, 0.2) is 0 Å². The Labute approximate surface area is 97.3 Å². The Morgan fingerprint density at radius 3 is 2.38 bits per heavy atom. The van der Waals surface area contributed by atoms with E-state index in [0.29, 0.717) is 5.92 Å². The smallest absolute Gasteiger partial charge is 0.0713 e. The molecule has 1 aromatic carbocycles. The van der Waals surface area contributed by atoms with Crippen LogP contribution in [0.2, 0.25) is 0 Å². The Bertz CT molecular complexity index is 548. The van der Waals surface area contributed by atoms with Crippen molar-refractivity contribution in [2.75, 3.05) is 0 Å². The molecule has 0 saturated heterocycles. The van der Waals surface area contributed by atoms with Gasteiger partial charge >= 0.3 is 0 Å². The van der Waals surface area contributed by atoms with Crippen molar-refractivity contribution < 1.29 is 0 Å². The fourth-order valence-corrected chi connectivity index (χ4v) is 2.71. The summed E-state index contributed by atoms with van der Waals surface area (Å²) in [4.78, 5) is 0. The molecule has 0 amide bonds. The van der Waals surface area contributed by atoms with E-state index in [9.17, 15) is 0 Å². The number of aryl methyl sites for hydroxylation is 4. The molecule has 86 valence electrons. The molecule has 0 radical (unpaired) electrons. The number of hydrogen-bond donors (Lipinski definition) is 0. The van der Waals surface area contributed by atoms with Crippen LogP contribution < -0.4 is 0 Å². The second-order valence-corrected chi connectivity index (χ2v) is 5.00. The van der Waals surface area contributed by atoms with Crippen LogP contribution in [0.1, 0.15) is 42.1 Å². The fourth-order valence-electron chi connectivity index (χ4n) is 2.71. The average molecular weight is 216 g/mol. The van der Waals surface area contributed by atoms with E-state index >= 15 is 0 Å². The van der Waals surface area contributed by atoms with E-state index in [-0.39, 0.29) is 0 Å². The third kappa shape index (κ3) is 1.44. The summed E-state index contributed by atoms with van der Waals surface area (Å²) < 4.78 is 2.00. The third-order valence-corrected chi connectivity index (χ3v) is 3.40. The van der Waals surface area contributed by atoms with Crippen LogP contribution in [0.3, 0.4) is 0 Å². The van der Waals surface area contributed by atoms with Gasteiger partial charge in [0.1, 0.15) is 0 Å². The second-order valence-electron chi connectivity index (χ2n) is 5.00. The van der Waals surface area contributed by atoms with Crippen LogP contribution in [0.4, 0.5) is 0 Å². The van der Waals surface area contributed by atoms with Crippen LogP contribution >= 0.6 is 0 Å². The third-order valence-electron chi connectivity index (χ3n) is 3.40. The molecule has 0 unspecified atom stereocenters. The topological polar surface area (TPSA) is 17.8 Å². The van der Waals surface area contributed by atoms with Crippen molar-refractivity contribution in [3.63, 3.8) is 0 Å². The maximum atomic E-state index is 4.53. The first-order valence-electron chi connectivity index (χ1n) is 5.87. The average Bonchev–Trinajstić information content (AvgIpc) is 2.48. The number of aromatic nitrogens is 2. The summed E-state index contributed by atoms with van der Waals surface area (Å²) in [5, 5.41) is 5.87. The molecule has 0 aliphatic heterocycles. The second kappa shape index (κ2) is 3.62. The molecular formula is C14H20N2. The zero-order valence-electron chi connectivity index (χ0n) is 11.0. The van der Waals surface area contributed by atoms with Gasteiger partial charge in [0, 0.05) is 12.4 Å². The van der Waals surface area contributed by atoms with E-state index in [1.54, 1.807) is 0 Å². The number of rotatable bonds is 1. The standard InChI is InChI=1S/C14H20N2/c1-8(2)12-7-9(3)14-13(10(12)4)11(5)15-16(14)6/h7-8H,1-6H3. The molecule has 1 aromatic heterocycles. The molecule has 2 heteroatoms. The Kier molecular flexibility index (Phi) is 2.53. The van der Waals surface area contributed by atoms with E-state index in [1.165, 1.54) is 27.6 Å². The summed E-state index contributed by atoms with van der Waals surface area (Å²) in [7, 11) is 2.02. The van der Waals surface area contributed by atoms with Crippen LogP contribution in [0.15, 0.2) is 6.07 Å². The predicted octanol–water partition coefficient (Wildman–Crippen LogP) is 3.62. The lowest BCUT2D eigenvalue weighted by Crippen LogP contribution is -1.97. The number of hydrogen-bond acceptors (Lipinski definition) is 1. The predicted molar refractivity (Wildman–Crippen MR) is 69.0 cm³/mol. The normalized spacial score (nSPS) is 11.7. The van der Waals surface area contributed by atoms with E-state index in [0.717, 1.165) is 5.69 Å². The van der Waals surface area contributed by atoms with Crippen molar-refractivity contribution in [2.45, 2.75) is 40.5 Å². The number of fused-ring (bicyclic) bond motifs is 1. The molecule has 0 N–H and O–H groups in total. The monoisotopic (exact) mass is 216 g/mol. The summed E-state index contributed by atoms with van der Waals surface area (Å²) in [6.07, 6.45) is 0. The Morgan fingerprint density at radius 1 is 1.19 bits per heavy atom. The lowest BCUT2D eigenvalue weighted by Gasteiger charge is -2.13. The Morgan fingerprint density at radius 2 is 1.81 bits per heavy atom. The molecule has 0 saturated carbocycles. The minimum atomic E-state index is 0.572. The molecule has 0 bridgehead atoms. The van der Waals surface area contributed by atoms with E-state index in [2.05, 4.69) is 45.8 Å². The van der Waals surface area contributed by atoms with Crippen LogP contribution in [0.5, 0.6) is 0 Å². The first-order valence-corrected chi connectivity index (χ1v) is 5.87. The molecule has 0 aliphatic carbocycles. The first-order chi connectivity index (χ1) is 7.43. The van der Waals surface area contributed by atoms with Crippen LogP contribution in [-0.4, -0.2) is 9.78 Å². The molecule has 2 nitrogen and oxygen atoms in total. The quantitative estimate of drug-likeness (QED) is 0.712. The van der Waals surface area contributed by atoms with Gasteiger partial charge in [-0.3, -0.25) is 4.68 Å². The van der Waals surface area contributed by atoms with Gasteiger partial charge in [0.2, 0.25) is 0 Å². The molecule has 0 spiro atoms. The molecule has 1 heterocycles. The lowest BCUT2D eigenvalue weighted by molar-refractivity contribution is 0.781. The van der Waals surface area contributed by atoms with E-state index in [1.807, 2.05) is 11.7 Å². The Balaban J connectivity index is 2.93. The number of nitrogens with zero attached hydrogens (tertiary/aromatic N) is 2. The van der Waals surface area contributed by atoms with Gasteiger partial charge in [0.25, 0.3) is 0 Å². The zero-order chi connectivity index (χ0) is 12.0. The van der Waals surface area contributed by atoms with Crippen LogP contribution in [0.25, 0.3) is 10.9 Å². The molecule has 16 heavy (non-hydrogen) atoms. The highest BCUT2D eigenvalue weighted by Gasteiger charge is 2.14. The summed E-state index contributed by atoms with van der Waals surface area (Å²) >= 11 is 0. The minimum absolute atomic E-state index is 0.572. The van der Waals surface area contributed by atoms with E-state index < -0.39 is 0 Å². The zero-order valence-corrected chi connectivity index (χ0v) is 11.0. The van der Waals surface area contributed by atoms with Gasteiger partial charge in [-0.15, -0.1) is 0 Å². The van der Waals surface area contributed by atoms with Gasteiger partial charge in [-0.05, 0) is 43.4 Å². The maximum Gasteiger partial charge on any atom is 0.0713 e. The van der Waals surface area contributed by atoms with Crippen molar-refractivity contribution >= 4 is 10.9 Å². The SMILES string of the molecule is Cc1nn(C)c2c(C)cc(C(C)C)c(C)c12. The van der Waals surface area contributed by atoms with Crippen molar-refractivity contribution in [2.24, 2.45) is 7.05 Å². The van der Waals surface area contributed by atoms with Crippen molar-refractivity contribution in [1.82, 2.24) is 9.78 Å². The van der Waals surface area contributed by atoms with E-state index in [4.69, 9.17) is 0 Å². The fraction of sp³-hybridized carbons (Fsp3) is 0.500. The van der Waals surface area contributed by atoms with Crippen LogP contribution in [0, 0.1) is 20.8 Å². The first kappa shape index (κ1) is 11.2. The van der Waals surface area contributed by atoms with Crippen molar-refractivity contribution in [3.05, 3.63) is 28.5 Å². The molecule has 0 fully saturated rings. The highest BCUT2D eigenvalue weighted by molar-refractivity contribution is 5.89. The largest absolute Gasteiger partial charge is 0.267 e. The van der Waals surface area contributed by atoms with Gasteiger partial charge < -0.3 is 0 Å². The minimum Gasteiger partial charge on any atom is -0.267 e. The summed E-state index contributed by atoms with van der Waals surface area (Å²) in [6.45, 7) is 11.0. The van der Waals surface area contributed by atoms with Gasteiger partial charge in [-0.2, -0.15) is 5.10 Å². The Hall–Kier alpha value is -1.31. The van der Waals surface area contributed by atoms with Crippen molar-refractivity contribution in [3.8, 4) is 0 Å². The van der Waals surface area contributed by atoms with Crippen molar-refractivity contribution in [1.29, 1.82) is 0 Å². The molecule has 2 rings (SSSR count). The van der Waals surface area contributed by atoms with Gasteiger partial charge in [0.05, 0.1) is 11.2 Å². The molecule has 2 aromatic rings. The summed E-state index contributed by atoms with van der Waals surface area (Å²) in [5.74, 6) is 0.572. The summed E-state index contributed by atoms with van der Waals surface area (Å²) in [6, 6.07) is 2.31. The molecule has 0 atom stereocenters. The van der Waals surface area contributed by atoms with Crippen LogP contribution in [-0.2, 0) is 7.05 Å². The highest BCUT2D eigenvalue weighted by atomic mass is 15.3. The number of benzene rings is 1. The maximum absolute atomic E-state index is 4.53. The summed E-state index contributed by atoms with van der Waals surface area (Å²) in [5.41, 5.74) is 6.58. The lowest BCUT2D eigenvalue weighted by atomic mass is 9.92. The molecule has 0 aliphatic rings. The molecular weight excluding hydrogens is 196 g/mol. The highest BCUT2D eigenvalue weighted by Crippen LogP contribution is 2.31.